The van der Waals surface area contributed by atoms with E-state index in [9.17, 15) is 0 Å². The van der Waals surface area contributed by atoms with E-state index < -0.39 is 0 Å². The summed E-state index contributed by atoms with van der Waals surface area (Å²) in [7, 11) is 0. The molecule has 3 heteroatoms. The lowest BCUT2D eigenvalue weighted by Gasteiger charge is -2.31. The van der Waals surface area contributed by atoms with Crippen molar-refractivity contribution in [2.45, 2.75) is 25.8 Å². The van der Waals surface area contributed by atoms with Gasteiger partial charge in [-0.1, -0.05) is 49.4 Å². The van der Waals surface area contributed by atoms with Crippen molar-refractivity contribution in [3.8, 4) is 0 Å². The number of guanidine groups is 1. The van der Waals surface area contributed by atoms with Crippen LogP contribution in [0.15, 0.2) is 59.6 Å². The molecule has 0 spiro atoms. The van der Waals surface area contributed by atoms with Gasteiger partial charge in [0.2, 0.25) is 0 Å². The van der Waals surface area contributed by atoms with Crippen molar-refractivity contribution in [3.63, 3.8) is 0 Å². The number of hydrogen-bond acceptors (Lipinski definition) is 3. The normalized spacial score (nSPS) is 19.4. The molecule has 1 aliphatic rings. The van der Waals surface area contributed by atoms with Gasteiger partial charge in [-0.15, -0.1) is 0 Å². The van der Waals surface area contributed by atoms with Gasteiger partial charge in [0, 0.05) is 11.6 Å². The number of aryl methyl sites for hydroxylation is 1. The maximum absolute atomic E-state index is 6.14. The fraction of sp³-hybridized carbons (Fsp3) is 0.278. The van der Waals surface area contributed by atoms with E-state index in [-0.39, 0.29) is 6.04 Å². The molecule has 2 atom stereocenters. The van der Waals surface area contributed by atoms with Crippen molar-refractivity contribution in [3.05, 3.63) is 65.7 Å². The molecule has 0 amide bonds. The Balaban J connectivity index is 1.92. The molecule has 1 aliphatic heterocycles. The second-order valence-electron chi connectivity index (χ2n) is 5.67. The Bertz CT molecular complexity index is 649. The molecule has 0 aromatic heterocycles. The molecule has 2 unspecified atom stereocenters. The van der Waals surface area contributed by atoms with Crippen molar-refractivity contribution in [2.24, 2.45) is 10.7 Å². The highest BCUT2D eigenvalue weighted by molar-refractivity contribution is 5.97. The van der Waals surface area contributed by atoms with Crippen LogP contribution in [0, 0.1) is 6.92 Å². The van der Waals surface area contributed by atoms with Crippen LogP contribution in [0.2, 0.25) is 0 Å². The monoisotopic (exact) mass is 279 g/mol. The topological polar surface area (TPSA) is 41.6 Å². The number of nitrogens with zero attached hydrogens (tertiary/aromatic N) is 2. The van der Waals surface area contributed by atoms with Gasteiger partial charge in [0.05, 0.1) is 12.6 Å². The van der Waals surface area contributed by atoms with Crippen LogP contribution in [0.25, 0.3) is 0 Å². The van der Waals surface area contributed by atoms with Crippen molar-refractivity contribution in [1.82, 2.24) is 0 Å². The number of nitrogens with two attached hydrogens (primary N) is 1. The molecule has 2 aromatic carbocycles. The first kappa shape index (κ1) is 13.7. The van der Waals surface area contributed by atoms with Crippen molar-refractivity contribution in [2.75, 3.05) is 11.4 Å². The highest BCUT2D eigenvalue weighted by Gasteiger charge is 2.32. The van der Waals surface area contributed by atoms with E-state index >= 15 is 0 Å². The molecular weight excluding hydrogens is 258 g/mol. The van der Waals surface area contributed by atoms with Crippen LogP contribution in [0.5, 0.6) is 0 Å². The Labute approximate surface area is 126 Å². The lowest BCUT2D eigenvalue weighted by molar-refractivity contribution is 0.595. The summed E-state index contributed by atoms with van der Waals surface area (Å²) in [6, 6.07) is 19.3. The second-order valence-corrected chi connectivity index (χ2v) is 5.67. The van der Waals surface area contributed by atoms with Gasteiger partial charge in [0.15, 0.2) is 5.96 Å². The predicted octanol–water partition coefficient (Wildman–Crippen LogP) is 3.30. The molecular formula is C18H21N3. The van der Waals surface area contributed by atoms with E-state index in [1.807, 2.05) is 6.07 Å². The Morgan fingerprint density at radius 3 is 2.62 bits per heavy atom. The first-order chi connectivity index (χ1) is 10.2. The average molecular weight is 279 g/mol. The van der Waals surface area contributed by atoms with Crippen LogP contribution in [0.4, 0.5) is 5.69 Å². The maximum Gasteiger partial charge on any atom is 0.196 e. The molecule has 3 rings (SSSR count). The Kier molecular flexibility index (Phi) is 3.65. The van der Waals surface area contributed by atoms with Gasteiger partial charge in [-0.25, -0.2) is 0 Å². The minimum Gasteiger partial charge on any atom is -0.370 e. The van der Waals surface area contributed by atoms with E-state index in [0.29, 0.717) is 11.9 Å². The second kappa shape index (κ2) is 5.60. The van der Waals surface area contributed by atoms with Gasteiger partial charge < -0.3 is 10.6 Å². The molecule has 0 saturated heterocycles. The van der Waals surface area contributed by atoms with E-state index in [2.05, 4.69) is 72.3 Å². The summed E-state index contributed by atoms with van der Waals surface area (Å²) in [4.78, 5) is 6.64. The summed E-state index contributed by atoms with van der Waals surface area (Å²) in [5, 5.41) is 0. The van der Waals surface area contributed by atoms with Crippen LogP contribution in [0.1, 0.15) is 24.0 Å². The zero-order valence-corrected chi connectivity index (χ0v) is 12.5. The fourth-order valence-electron chi connectivity index (χ4n) is 2.98. The highest BCUT2D eigenvalue weighted by Crippen LogP contribution is 2.30. The van der Waals surface area contributed by atoms with Gasteiger partial charge in [0.1, 0.15) is 0 Å². The SMILES string of the molecule is Cc1cccc(N2C(N)=NCC2C(C)c2ccccc2)c1. The molecule has 0 radical (unpaired) electrons. The van der Waals surface area contributed by atoms with E-state index in [4.69, 9.17) is 5.73 Å². The molecule has 0 fully saturated rings. The van der Waals surface area contributed by atoms with E-state index in [1.165, 1.54) is 11.1 Å². The van der Waals surface area contributed by atoms with Crippen LogP contribution in [-0.4, -0.2) is 18.5 Å². The van der Waals surface area contributed by atoms with Gasteiger partial charge in [-0.05, 0) is 30.2 Å². The minimum atomic E-state index is 0.272. The Hall–Kier alpha value is -2.29. The van der Waals surface area contributed by atoms with Crippen molar-refractivity contribution in [1.29, 1.82) is 0 Å². The van der Waals surface area contributed by atoms with Crippen molar-refractivity contribution >= 4 is 11.6 Å². The number of benzene rings is 2. The quantitative estimate of drug-likeness (QED) is 0.936. The van der Waals surface area contributed by atoms with Gasteiger partial charge in [-0.3, -0.25) is 4.99 Å². The third kappa shape index (κ3) is 2.64. The summed E-state index contributed by atoms with van der Waals surface area (Å²) in [6.07, 6.45) is 0. The van der Waals surface area contributed by atoms with E-state index in [0.717, 1.165) is 12.2 Å². The molecule has 2 N–H and O–H groups in total. The van der Waals surface area contributed by atoms with Crippen LogP contribution >= 0.6 is 0 Å². The third-order valence-corrected chi connectivity index (χ3v) is 4.20. The molecule has 3 nitrogen and oxygen atoms in total. The lowest BCUT2D eigenvalue weighted by atomic mass is 9.92. The Morgan fingerprint density at radius 1 is 1.14 bits per heavy atom. The molecule has 21 heavy (non-hydrogen) atoms. The highest BCUT2D eigenvalue weighted by atomic mass is 15.3. The Morgan fingerprint density at radius 2 is 1.90 bits per heavy atom. The molecule has 1 heterocycles. The molecule has 0 saturated carbocycles. The summed E-state index contributed by atoms with van der Waals surface area (Å²) in [5.41, 5.74) is 9.83. The molecule has 108 valence electrons. The molecule has 0 aliphatic carbocycles. The number of anilines is 1. The third-order valence-electron chi connectivity index (χ3n) is 4.20. The average Bonchev–Trinajstić information content (AvgIpc) is 2.89. The van der Waals surface area contributed by atoms with Crippen molar-refractivity contribution < 1.29 is 0 Å². The van der Waals surface area contributed by atoms with Crippen LogP contribution in [-0.2, 0) is 0 Å². The summed E-state index contributed by atoms with van der Waals surface area (Å²) >= 11 is 0. The number of hydrogen-bond donors (Lipinski definition) is 1. The smallest absolute Gasteiger partial charge is 0.196 e. The van der Waals surface area contributed by atoms with Gasteiger partial charge in [-0.2, -0.15) is 0 Å². The summed E-state index contributed by atoms with van der Waals surface area (Å²) in [6.45, 7) is 5.09. The standard InChI is InChI=1S/C18H21N3/c1-13-7-6-10-16(11-13)21-17(12-20-18(21)19)14(2)15-8-4-3-5-9-15/h3-11,14,17H,12H2,1-2H3,(H2,19,20). The zero-order valence-electron chi connectivity index (χ0n) is 12.5. The molecule has 2 aromatic rings. The van der Waals surface area contributed by atoms with E-state index in [1.54, 1.807) is 0 Å². The minimum absolute atomic E-state index is 0.272. The zero-order chi connectivity index (χ0) is 14.8. The number of aliphatic imine (C=N–C) groups is 1. The summed E-state index contributed by atoms with van der Waals surface area (Å²) in [5.74, 6) is 0.991. The van der Waals surface area contributed by atoms with Gasteiger partial charge in [0.25, 0.3) is 0 Å². The molecule has 0 bridgehead atoms. The van der Waals surface area contributed by atoms with Gasteiger partial charge >= 0.3 is 0 Å². The van der Waals surface area contributed by atoms with Crippen LogP contribution < -0.4 is 10.6 Å². The fourth-order valence-corrected chi connectivity index (χ4v) is 2.98. The first-order valence-electron chi connectivity index (χ1n) is 7.37. The lowest BCUT2D eigenvalue weighted by Crippen LogP contribution is -2.43. The summed E-state index contributed by atoms with van der Waals surface area (Å²) < 4.78 is 0. The first-order valence-corrected chi connectivity index (χ1v) is 7.37. The largest absolute Gasteiger partial charge is 0.370 e. The van der Waals surface area contributed by atoms with Crippen LogP contribution in [0.3, 0.4) is 0 Å². The number of rotatable bonds is 3. The maximum atomic E-state index is 6.14. The predicted molar refractivity (Wildman–Crippen MR) is 88.8 cm³/mol.